The van der Waals surface area contributed by atoms with E-state index in [4.69, 9.17) is 16.0 Å². The molecule has 5 N–H and O–H groups in total. The van der Waals surface area contributed by atoms with E-state index in [9.17, 15) is 24.4 Å². The minimum Gasteiger partial charge on any atom is -0.366 e. The Bertz CT molecular complexity index is 1700. The number of benzene rings is 2. The number of nitrogens with one attached hydrogen (secondary N) is 1. The third-order valence-corrected chi connectivity index (χ3v) is 9.29. The van der Waals surface area contributed by atoms with Crippen molar-refractivity contribution >= 4 is 17.7 Å². The summed E-state index contributed by atoms with van der Waals surface area (Å²) >= 11 is 0. The Morgan fingerprint density at radius 3 is 2.23 bits per heavy atom. The summed E-state index contributed by atoms with van der Waals surface area (Å²) in [7, 11) is 0. The second kappa shape index (κ2) is 11.1. The van der Waals surface area contributed by atoms with E-state index >= 15 is 0 Å². The molecule has 1 aromatic heterocycles. The number of amides is 3. The maximum Gasteiger partial charge on any atom is 0.459 e. The number of nitrogens with zero attached hydrogens (tertiary/aromatic N) is 4. The van der Waals surface area contributed by atoms with Gasteiger partial charge in [-0.1, -0.05) is 12.1 Å². The first-order valence-corrected chi connectivity index (χ1v) is 14.9. The zero-order valence-corrected chi connectivity index (χ0v) is 24.7. The molecule has 0 bridgehead atoms. The molecule has 2 aliphatic carbocycles. The Kier molecular flexibility index (Phi) is 7.37. The normalized spacial score (nSPS) is 21.1. The third-order valence-electron chi connectivity index (χ3n) is 9.29. The molecule has 0 spiro atoms. The number of carbonyl (C=O) groups excluding carboxylic acids is 3. The molecule has 3 aromatic rings. The molecular formula is C32H35N7O5. The summed E-state index contributed by atoms with van der Waals surface area (Å²) in [5.74, 6) is -1.20. The van der Waals surface area contributed by atoms with Crippen molar-refractivity contribution in [2.45, 2.75) is 69.5 Å². The Labute approximate surface area is 254 Å². The van der Waals surface area contributed by atoms with Crippen molar-refractivity contribution in [3.8, 4) is 6.07 Å². The van der Waals surface area contributed by atoms with Gasteiger partial charge in [0.25, 0.3) is 0 Å². The van der Waals surface area contributed by atoms with Crippen LogP contribution in [0.25, 0.3) is 0 Å². The second-order valence-electron chi connectivity index (χ2n) is 12.3. The molecule has 1 aliphatic heterocycles. The zero-order chi connectivity index (χ0) is 31.3. The number of fused-ring (bicyclic) bond motifs is 3. The zero-order valence-electron chi connectivity index (χ0n) is 24.7. The quantitative estimate of drug-likeness (QED) is 0.309. The van der Waals surface area contributed by atoms with Crippen molar-refractivity contribution in [3.05, 3.63) is 86.2 Å². The number of aromatic nitrogens is 2. The minimum absolute atomic E-state index is 0.0498. The Morgan fingerprint density at radius 2 is 1.68 bits per heavy atom. The fourth-order valence-corrected chi connectivity index (χ4v) is 7.19. The molecule has 1 saturated carbocycles. The van der Waals surface area contributed by atoms with E-state index < -0.39 is 29.0 Å². The topological polar surface area (TPSA) is 190 Å². The largest absolute Gasteiger partial charge is 0.459 e. The average molecular weight is 598 g/mol. The molecule has 1 saturated heterocycles. The Hall–Kier alpha value is -4.76. The first-order valence-electron chi connectivity index (χ1n) is 14.9. The van der Waals surface area contributed by atoms with Crippen LogP contribution in [0.4, 0.5) is 0 Å². The lowest BCUT2D eigenvalue weighted by molar-refractivity contribution is -0.131. The van der Waals surface area contributed by atoms with Gasteiger partial charge in [0.1, 0.15) is 6.04 Å². The van der Waals surface area contributed by atoms with Gasteiger partial charge in [-0.25, -0.2) is 4.79 Å². The van der Waals surface area contributed by atoms with E-state index in [1.165, 1.54) is 4.74 Å². The smallest absolute Gasteiger partial charge is 0.366 e. The van der Waals surface area contributed by atoms with Crippen molar-refractivity contribution in [2.24, 2.45) is 17.4 Å². The molecule has 228 valence electrons. The molecule has 12 nitrogen and oxygen atoms in total. The lowest BCUT2D eigenvalue weighted by Gasteiger charge is -2.36. The lowest BCUT2D eigenvalue weighted by atomic mass is 9.69. The molecule has 2 fully saturated rings. The number of carbonyl (C=O) groups is 3. The van der Waals surface area contributed by atoms with Crippen LogP contribution in [0.3, 0.4) is 0 Å². The number of piperidine rings is 1. The minimum atomic E-state index is -1.08. The van der Waals surface area contributed by atoms with Crippen molar-refractivity contribution in [1.82, 2.24) is 19.9 Å². The van der Waals surface area contributed by atoms with Crippen LogP contribution in [0.5, 0.6) is 0 Å². The Morgan fingerprint density at radius 1 is 1.07 bits per heavy atom. The van der Waals surface area contributed by atoms with Gasteiger partial charge in [-0.2, -0.15) is 15.0 Å². The number of rotatable bonds is 9. The molecule has 2 heterocycles. The van der Waals surface area contributed by atoms with Crippen LogP contribution in [0.1, 0.15) is 87.9 Å². The fraction of sp³-hybridized carbons (Fsp3) is 0.438. The fourth-order valence-electron chi connectivity index (χ4n) is 7.19. The van der Waals surface area contributed by atoms with Gasteiger partial charge in [0.15, 0.2) is 5.82 Å². The van der Waals surface area contributed by atoms with Crippen molar-refractivity contribution < 1.29 is 18.9 Å². The van der Waals surface area contributed by atoms with Crippen LogP contribution in [0, 0.1) is 17.2 Å². The molecule has 1 unspecified atom stereocenters. The van der Waals surface area contributed by atoms with Gasteiger partial charge in [0.05, 0.1) is 24.1 Å². The van der Waals surface area contributed by atoms with E-state index in [1.807, 2.05) is 26.0 Å². The highest BCUT2D eigenvalue weighted by Gasteiger charge is 2.54. The molecule has 0 radical (unpaired) electrons. The van der Waals surface area contributed by atoms with Crippen LogP contribution in [-0.4, -0.2) is 57.5 Å². The van der Waals surface area contributed by atoms with E-state index in [1.54, 1.807) is 29.2 Å². The van der Waals surface area contributed by atoms with Gasteiger partial charge in [-0.3, -0.25) is 14.4 Å². The summed E-state index contributed by atoms with van der Waals surface area (Å²) < 4.78 is 7.10. The van der Waals surface area contributed by atoms with Crippen molar-refractivity contribution in [2.75, 3.05) is 13.1 Å². The standard InChI is InChI=1S/C32H35N7O5/c1-17(2)39-30(37-31(43)44-39)32(9-10-36-16-27(40)38-23(15-33)13-22-14-26(22)38)24-7-5-20(28(34)41)11-18(24)3-4-19-12-21(29(35)42)6-8-25(19)32/h5-8,11-12,17,22-23,26,36H,3-4,9-10,13-14,16H2,1-2H3,(H2,34,41)(H2,35,42)/t22-,23?,26+/m1/s1. The van der Waals surface area contributed by atoms with Crippen LogP contribution in [-0.2, 0) is 23.1 Å². The average Bonchev–Trinajstić information content (AvgIpc) is 3.52. The SMILES string of the molecule is CC(C)n1oc(=O)nc1C1(CCNCC(=O)N2C(C#N)C[C@@H]3C[C@@H]32)c2ccc(C(N)=O)cc2CCc2cc(C(N)=O)ccc21. The highest BCUT2D eigenvalue weighted by atomic mass is 16.5. The second-order valence-corrected chi connectivity index (χ2v) is 12.3. The molecule has 6 rings (SSSR count). The summed E-state index contributed by atoms with van der Waals surface area (Å²) in [6.07, 6.45) is 3.06. The number of nitrogens with two attached hydrogens (primary N) is 2. The maximum atomic E-state index is 13.2. The predicted molar refractivity (Wildman–Crippen MR) is 159 cm³/mol. The highest BCUT2D eigenvalue weighted by molar-refractivity contribution is 5.94. The van der Waals surface area contributed by atoms with E-state index in [0.29, 0.717) is 48.7 Å². The van der Waals surface area contributed by atoms with E-state index in [-0.39, 0.29) is 24.5 Å². The summed E-state index contributed by atoms with van der Waals surface area (Å²) in [4.78, 5) is 56.4. The van der Waals surface area contributed by atoms with Gasteiger partial charge in [0.2, 0.25) is 17.7 Å². The number of hydrogen-bond donors (Lipinski definition) is 3. The van der Waals surface area contributed by atoms with Gasteiger partial charge in [0, 0.05) is 17.2 Å². The number of hydrogen-bond acceptors (Lipinski definition) is 8. The maximum absolute atomic E-state index is 13.2. The van der Waals surface area contributed by atoms with Crippen LogP contribution in [0.15, 0.2) is 45.7 Å². The molecule has 44 heavy (non-hydrogen) atoms. The van der Waals surface area contributed by atoms with Crippen LogP contribution in [0.2, 0.25) is 0 Å². The predicted octanol–water partition coefficient (Wildman–Crippen LogP) is 1.54. The summed E-state index contributed by atoms with van der Waals surface area (Å²) in [5, 5.41) is 12.8. The monoisotopic (exact) mass is 597 g/mol. The van der Waals surface area contributed by atoms with E-state index in [2.05, 4.69) is 16.4 Å². The van der Waals surface area contributed by atoms with Gasteiger partial charge < -0.3 is 26.2 Å². The molecule has 3 aliphatic rings. The number of aryl methyl sites for hydroxylation is 2. The van der Waals surface area contributed by atoms with Gasteiger partial charge >= 0.3 is 5.76 Å². The summed E-state index contributed by atoms with van der Waals surface area (Å²) in [6, 6.07) is 12.3. The van der Waals surface area contributed by atoms with Crippen molar-refractivity contribution in [3.63, 3.8) is 0 Å². The van der Waals surface area contributed by atoms with Crippen LogP contribution < -0.4 is 22.5 Å². The Balaban J connectivity index is 1.46. The van der Waals surface area contributed by atoms with Gasteiger partial charge in [-0.05, 0) is 105 Å². The molecule has 3 amide bonds. The lowest BCUT2D eigenvalue weighted by Crippen LogP contribution is -2.44. The van der Waals surface area contributed by atoms with Gasteiger partial charge in [-0.15, -0.1) is 0 Å². The molecule has 2 aromatic carbocycles. The number of nitriles is 1. The van der Waals surface area contributed by atoms with Crippen molar-refractivity contribution in [1.29, 1.82) is 5.26 Å². The van der Waals surface area contributed by atoms with E-state index in [0.717, 1.165) is 35.1 Å². The molecule has 12 heteroatoms. The first kappa shape index (κ1) is 29.3. The highest BCUT2D eigenvalue weighted by Crippen LogP contribution is 2.48. The first-order chi connectivity index (χ1) is 21.0. The van der Waals surface area contributed by atoms with Crippen LogP contribution >= 0.6 is 0 Å². The summed E-state index contributed by atoms with van der Waals surface area (Å²) in [6.45, 7) is 4.15. The third kappa shape index (κ3) is 4.87. The molecular weight excluding hydrogens is 562 g/mol. The molecule has 3 atom stereocenters. The number of likely N-dealkylation sites (tertiary alicyclic amines) is 1. The summed E-state index contributed by atoms with van der Waals surface area (Å²) in [5.41, 5.74) is 14.2. The number of primary amides is 2.